The summed E-state index contributed by atoms with van der Waals surface area (Å²) >= 11 is 6.05. The molecule has 0 bridgehead atoms. The minimum atomic E-state index is -0.754. The molecular weight excluding hydrogens is 430 g/mol. The number of fused-ring (bicyclic) bond motifs is 1. The van der Waals surface area contributed by atoms with E-state index in [2.05, 4.69) is 9.88 Å². The number of carbonyl (C=O) groups is 2. The zero-order valence-electron chi connectivity index (χ0n) is 17.9. The Morgan fingerprint density at radius 2 is 2.03 bits per heavy atom. The number of hydrogen-bond donors (Lipinski definition) is 1. The average Bonchev–Trinajstić information content (AvgIpc) is 3.33. The highest BCUT2D eigenvalue weighted by atomic mass is 35.5. The van der Waals surface area contributed by atoms with Crippen LogP contribution in [0.25, 0.3) is 11.0 Å². The van der Waals surface area contributed by atoms with Gasteiger partial charge < -0.3 is 19.3 Å². The Morgan fingerprint density at radius 1 is 1.25 bits per heavy atom. The molecule has 4 rings (SSSR count). The molecule has 0 fully saturated rings. The summed E-state index contributed by atoms with van der Waals surface area (Å²) in [6.07, 6.45) is 3.22. The van der Waals surface area contributed by atoms with E-state index in [4.69, 9.17) is 16.0 Å². The van der Waals surface area contributed by atoms with Gasteiger partial charge in [-0.1, -0.05) is 31.5 Å². The molecule has 1 aliphatic rings. The molecule has 0 saturated carbocycles. The highest BCUT2D eigenvalue weighted by molar-refractivity contribution is 6.31. The Balaban J connectivity index is 1.73. The molecule has 0 spiro atoms. The maximum Gasteiger partial charge on any atom is 0.290 e. The number of hydrogen-bond acceptors (Lipinski definition) is 6. The summed E-state index contributed by atoms with van der Waals surface area (Å²) in [4.78, 5) is 34.4. The number of pyridine rings is 1. The number of amides is 1. The predicted molar refractivity (Wildman–Crippen MR) is 122 cm³/mol. The molecule has 3 heterocycles. The number of aromatic nitrogens is 1. The lowest BCUT2D eigenvalue weighted by atomic mass is 9.96. The summed E-state index contributed by atoms with van der Waals surface area (Å²) < 4.78 is 5.73. The molecule has 2 aromatic heterocycles. The molecule has 0 aliphatic carbocycles. The molecule has 0 saturated heterocycles. The van der Waals surface area contributed by atoms with Crippen LogP contribution in [0.4, 0.5) is 0 Å². The third kappa shape index (κ3) is 4.01. The van der Waals surface area contributed by atoms with Crippen molar-refractivity contribution >= 4 is 34.3 Å². The summed E-state index contributed by atoms with van der Waals surface area (Å²) in [5.41, 5.74) is 1.14. The lowest BCUT2D eigenvalue weighted by molar-refractivity contribution is -0.129. The lowest BCUT2D eigenvalue weighted by Gasteiger charge is -2.29. The Kier molecular flexibility index (Phi) is 6.30. The molecule has 166 valence electrons. The van der Waals surface area contributed by atoms with Crippen LogP contribution in [-0.2, 0) is 4.79 Å². The minimum absolute atomic E-state index is 0.00676. The molecular formula is C24H24ClN3O4. The minimum Gasteiger partial charge on any atom is -0.503 e. The smallest absolute Gasteiger partial charge is 0.290 e. The molecule has 3 aromatic rings. The number of aliphatic hydroxyl groups is 1. The predicted octanol–water partition coefficient (Wildman–Crippen LogP) is 4.40. The molecule has 1 aromatic carbocycles. The number of nitrogens with zero attached hydrogens (tertiary/aromatic N) is 3. The van der Waals surface area contributed by atoms with Crippen molar-refractivity contribution in [2.45, 2.75) is 19.9 Å². The van der Waals surface area contributed by atoms with E-state index in [1.54, 1.807) is 48.8 Å². The molecule has 0 radical (unpaired) electrons. The number of aliphatic hydroxyl groups excluding tert-OH is 1. The average molecular weight is 454 g/mol. The third-order valence-corrected chi connectivity index (χ3v) is 6.04. The molecule has 1 amide bonds. The van der Waals surface area contributed by atoms with E-state index < -0.39 is 23.5 Å². The topological polar surface area (TPSA) is 86.9 Å². The van der Waals surface area contributed by atoms with Crippen LogP contribution in [0, 0.1) is 0 Å². The molecule has 1 N–H and O–H groups in total. The second kappa shape index (κ2) is 9.14. The van der Waals surface area contributed by atoms with Crippen LogP contribution < -0.4 is 0 Å². The van der Waals surface area contributed by atoms with Crippen molar-refractivity contribution in [1.82, 2.24) is 14.8 Å². The number of furan rings is 1. The van der Waals surface area contributed by atoms with Crippen LogP contribution in [0.3, 0.4) is 0 Å². The van der Waals surface area contributed by atoms with Crippen molar-refractivity contribution in [3.63, 3.8) is 0 Å². The number of rotatable bonds is 8. The summed E-state index contributed by atoms with van der Waals surface area (Å²) in [6.45, 7) is 6.74. The number of likely N-dealkylation sites (N-methyl/N-ethyl adjacent to an activating group) is 1. The number of halogens is 1. The van der Waals surface area contributed by atoms with E-state index in [1.165, 1.54) is 4.90 Å². The Labute approximate surface area is 190 Å². The molecule has 32 heavy (non-hydrogen) atoms. The standard InChI is InChI=1S/C24H24ClN3O4/c1-3-27(4-2)10-11-28-21(15-6-5-9-26-14-15)20(23(30)24(28)31)22(29)19-13-16-12-17(25)7-8-18(16)32-19/h5-9,12-14,21,30H,3-4,10-11H2,1-2H3. The molecule has 1 aliphatic heterocycles. The van der Waals surface area contributed by atoms with Crippen molar-refractivity contribution in [3.05, 3.63) is 76.5 Å². The van der Waals surface area contributed by atoms with Crippen LogP contribution in [0.5, 0.6) is 0 Å². The fourth-order valence-electron chi connectivity index (χ4n) is 4.05. The molecule has 8 heteroatoms. The van der Waals surface area contributed by atoms with Crippen molar-refractivity contribution in [3.8, 4) is 0 Å². The fourth-order valence-corrected chi connectivity index (χ4v) is 4.23. The first kappa shape index (κ1) is 22.0. The first-order chi connectivity index (χ1) is 15.4. The molecule has 7 nitrogen and oxygen atoms in total. The zero-order chi connectivity index (χ0) is 22.8. The third-order valence-electron chi connectivity index (χ3n) is 5.80. The zero-order valence-corrected chi connectivity index (χ0v) is 18.7. The second-order valence-corrected chi connectivity index (χ2v) is 8.03. The largest absolute Gasteiger partial charge is 0.503 e. The first-order valence-corrected chi connectivity index (χ1v) is 10.9. The van der Waals surface area contributed by atoms with E-state index in [0.29, 0.717) is 34.6 Å². The van der Waals surface area contributed by atoms with Gasteiger partial charge in [-0.2, -0.15) is 0 Å². The van der Waals surface area contributed by atoms with Crippen LogP contribution in [-0.4, -0.2) is 57.8 Å². The van der Waals surface area contributed by atoms with Gasteiger partial charge in [0.05, 0.1) is 11.6 Å². The number of benzene rings is 1. The summed E-state index contributed by atoms with van der Waals surface area (Å²) in [6, 6.07) is 9.40. The Morgan fingerprint density at radius 3 is 2.72 bits per heavy atom. The Bertz CT molecular complexity index is 1180. The van der Waals surface area contributed by atoms with E-state index in [-0.39, 0.29) is 11.3 Å². The Hall–Kier alpha value is -3.16. The maximum absolute atomic E-state index is 13.5. The number of carbonyl (C=O) groups excluding carboxylic acids is 2. The molecule has 1 unspecified atom stereocenters. The quantitative estimate of drug-likeness (QED) is 0.508. The van der Waals surface area contributed by atoms with E-state index >= 15 is 0 Å². The normalized spacial score (nSPS) is 16.6. The van der Waals surface area contributed by atoms with Crippen LogP contribution in [0.1, 0.15) is 36.0 Å². The van der Waals surface area contributed by atoms with E-state index in [0.717, 1.165) is 13.1 Å². The first-order valence-electron chi connectivity index (χ1n) is 10.5. The van der Waals surface area contributed by atoms with Gasteiger partial charge in [-0.3, -0.25) is 14.6 Å². The lowest BCUT2D eigenvalue weighted by Crippen LogP contribution is -2.38. The number of ketones is 1. The van der Waals surface area contributed by atoms with Gasteiger partial charge >= 0.3 is 0 Å². The van der Waals surface area contributed by atoms with Crippen LogP contribution in [0.15, 0.2) is 64.5 Å². The number of Topliss-reactive ketones (excluding diaryl/α,β-unsaturated/α-hetero) is 1. The van der Waals surface area contributed by atoms with E-state index in [1.807, 2.05) is 13.8 Å². The van der Waals surface area contributed by atoms with Gasteiger partial charge in [-0.05, 0) is 49.0 Å². The van der Waals surface area contributed by atoms with E-state index in [9.17, 15) is 14.7 Å². The van der Waals surface area contributed by atoms with Gasteiger partial charge in [0, 0.05) is 35.9 Å². The highest BCUT2D eigenvalue weighted by Gasteiger charge is 2.44. The summed E-state index contributed by atoms with van der Waals surface area (Å²) in [7, 11) is 0. The van der Waals surface area contributed by atoms with Crippen LogP contribution in [0.2, 0.25) is 5.02 Å². The van der Waals surface area contributed by atoms with Gasteiger partial charge in [0.2, 0.25) is 5.78 Å². The molecule has 1 atom stereocenters. The summed E-state index contributed by atoms with van der Waals surface area (Å²) in [5.74, 6) is -1.63. The monoisotopic (exact) mass is 453 g/mol. The summed E-state index contributed by atoms with van der Waals surface area (Å²) in [5, 5.41) is 11.9. The second-order valence-electron chi connectivity index (χ2n) is 7.60. The van der Waals surface area contributed by atoms with Gasteiger partial charge in [0.1, 0.15) is 5.58 Å². The van der Waals surface area contributed by atoms with Crippen molar-refractivity contribution < 1.29 is 19.1 Å². The van der Waals surface area contributed by atoms with Gasteiger partial charge in [0.15, 0.2) is 11.5 Å². The van der Waals surface area contributed by atoms with Crippen molar-refractivity contribution in [1.29, 1.82) is 0 Å². The van der Waals surface area contributed by atoms with Crippen LogP contribution >= 0.6 is 11.6 Å². The maximum atomic E-state index is 13.5. The van der Waals surface area contributed by atoms with Crippen molar-refractivity contribution in [2.75, 3.05) is 26.2 Å². The van der Waals surface area contributed by atoms with Crippen molar-refractivity contribution in [2.24, 2.45) is 0 Å². The highest BCUT2D eigenvalue weighted by Crippen LogP contribution is 2.39. The van der Waals surface area contributed by atoms with Gasteiger partial charge in [-0.25, -0.2) is 0 Å². The fraction of sp³-hybridized carbons (Fsp3) is 0.292. The van der Waals surface area contributed by atoms with Gasteiger partial charge in [-0.15, -0.1) is 0 Å². The van der Waals surface area contributed by atoms with Gasteiger partial charge in [0.25, 0.3) is 5.91 Å². The SMILES string of the molecule is CCN(CC)CCN1C(=O)C(O)=C(C(=O)c2cc3cc(Cl)ccc3o2)C1c1cccnc1.